The van der Waals surface area contributed by atoms with Crippen LogP contribution in [0.4, 0.5) is 0 Å². The highest BCUT2D eigenvalue weighted by Gasteiger charge is 2.31. The van der Waals surface area contributed by atoms with Gasteiger partial charge < -0.3 is 15.0 Å². The summed E-state index contributed by atoms with van der Waals surface area (Å²) in [6.07, 6.45) is 1.31. The first kappa shape index (κ1) is 17.4. The standard InChI is InChI=1S/C19H29N3O2/c1-15(2)24-14-16-3-5-17(6-4-16)19(23)22-10-7-18(13-22)21-11-8-20-9-12-21/h3-6,15,18,20H,7-14H2,1-2H3. The molecule has 2 saturated heterocycles. The highest BCUT2D eigenvalue weighted by molar-refractivity contribution is 5.94. The van der Waals surface area contributed by atoms with E-state index in [-0.39, 0.29) is 12.0 Å². The van der Waals surface area contributed by atoms with Crippen LogP contribution in [0.25, 0.3) is 0 Å². The number of carbonyl (C=O) groups is 1. The fourth-order valence-electron chi connectivity index (χ4n) is 3.46. The molecule has 0 saturated carbocycles. The summed E-state index contributed by atoms with van der Waals surface area (Å²) in [6.45, 7) is 10.7. The maximum Gasteiger partial charge on any atom is 0.253 e. The lowest BCUT2D eigenvalue weighted by molar-refractivity contribution is 0.0656. The summed E-state index contributed by atoms with van der Waals surface area (Å²) in [5.74, 6) is 0.156. The van der Waals surface area contributed by atoms with Crippen molar-refractivity contribution >= 4 is 5.91 Å². The SMILES string of the molecule is CC(C)OCc1ccc(C(=O)N2CCC(N3CCNCC3)C2)cc1. The fourth-order valence-corrected chi connectivity index (χ4v) is 3.46. The number of benzene rings is 1. The molecular formula is C19H29N3O2. The van der Waals surface area contributed by atoms with Crippen LogP contribution in [-0.2, 0) is 11.3 Å². The van der Waals surface area contributed by atoms with Gasteiger partial charge in [-0.05, 0) is 38.0 Å². The predicted octanol–water partition coefficient (Wildman–Crippen LogP) is 1.73. The number of hydrogen-bond acceptors (Lipinski definition) is 4. The van der Waals surface area contributed by atoms with Crippen LogP contribution in [-0.4, -0.2) is 67.1 Å². The van der Waals surface area contributed by atoms with Crippen molar-refractivity contribution in [1.82, 2.24) is 15.1 Å². The third-order valence-corrected chi connectivity index (χ3v) is 4.90. The Morgan fingerprint density at radius 1 is 1.21 bits per heavy atom. The second kappa shape index (κ2) is 8.10. The quantitative estimate of drug-likeness (QED) is 0.892. The third kappa shape index (κ3) is 4.35. The number of carbonyl (C=O) groups excluding carboxylic acids is 1. The Balaban J connectivity index is 1.54. The van der Waals surface area contributed by atoms with E-state index in [0.29, 0.717) is 12.6 Å². The van der Waals surface area contributed by atoms with E-state index in [1.807, 2.05) is 43.0 Å². The zero-order valence-corrected chi connectivity index (χ0v) is 14.8. The summed E-state index contributed by atoms with van der Waals surface area (Å²) >= 11 is 0. The van der Waals surface area contributed by atoms with E-state index in [1.165, 1.54) is 0 Å². The minimum Gasteiger partial charge on any atom is -0.374 e. The van der Waals surface area contributed by atoms with Crippen molar-refractivity contribution in [2.75, 3.05) is 39.3 Å². The lowest BCUT2D eigenvalue weighted by atomic mass is 10.1. The summed E-state index contributed by atoms with van der Waals surface area (Å²) in [5.41, 5.74) is 1.89. The highest BCUT2D eigenvalue weighted by Crippen LogP contribution is 2.19. The second-order valence-corrected chi connectivity index (χ2v) is 7.04. The summed E-state index contributed by atoms with van der Waals surface area (Å²) < 4.78 is 5.60. The van der Waals surface area contributed by atoms with Gasteiger partial charge in [-0.2, -0.15) is 0 Å². The lowest BCUT2D eigenvalue weighted by Gasteiger charge is -2.32. The van der Waals surface area contributed by atoms with Crippen LogP contribution in [0.1, 0.15) is 36.2 Å². The Labute approximate surface area is 145 Å². The maximum atomic E-state index is 12.7. The molecule has 0 aliphatic carbocycles. The van der Waals surface area contributed by atoms with Crippen molar-refractivity contribution in [1.29, 1.82) is 0 Å². The smallest absolute Gasteiger partial charge is 0.253 e. The third-order valence-electron chi connectivity index (χ3n) is 4.90. The van der Waals surface area contributed by atoms with Gasteiger partial charge in [0.15, 0.2) is 0 Å². The molecule has 1 N–H and O–H groups in total. The number of amides is 1. The first-order chi connectivity index (χ1) is 11.6. The van der Waals surface area contributed by atoms with Gasteiger partial charge in [-0.3, -0.25) is 9.69 Å². The zero-order chi connectivity index (χ0) is 16.9. The minimum absolute atomic E-state index is 0.156. The number of hydrogen-bond donors (Lipinski definition) is 1. The van der Waals surface area contributed by atoms with Gasteiger partial charge in [0.05, 0.1) is 12.7 Å². The van der Waals surface area contributed by atoms with Gasteiger partial charge in [0.2, 0.25) is 0 Å². The molecule has 0 aromatic heterocycles. The van der Waals surface area contributed by atoms with Gasteiger partial charge in [0.25, 0.3) is 5.91 Å². The Bertz CT molecular complexity index is 538. The van der Waals surface area contributed by atoms with Gasteiger partial charge in [0.1, 0.15) is 0 Å². The molecule has 2 heterocycles. The van der Waals surface area contributed by atoms with Crippen molar-refractivity contribution in [3.8, 4) is 0 Å². The summed E-state index contributed by atoms with van der Waals surface area (Å²) in [4.78, 5) is 17.2. The van der Waals surface area contributed by atoms with E-state index in [2.05, 4.69) is 10.2 Å². The molecule has 1 aromatic carbocycles. The van der Waals surface area contributed by atoms with Crippen molar-refractivity contribution in [2.24, 2.45) is 0 Å². The van der Waals surface area contributed by atoms with E-state index in [4.69, 9.17) is 4.74 Å². The number of nitrogens with zero attached hydrogens (tertiary/aromatic N) is 2. The van der Waals surface area contributed by atoms with Crippen molar-refractivity contribution in [3.63, 3.8) is 0 Å². The number of ether oxygens (including phenoxy) is 1. The molecule has 5 heteroatoms. The first-order valence-electron chi connectivity index (χ1n) is 9.08. The molecule has 2 aliphatic rings. The van der Waals surface area contributed by atoms with E-state index < -0.39 is 0 Å². The summed E-state index contributed by atoms with van der Waals surface area (Å²) in [7, 11) is 0. The van der Waals surface area contributed by atoms with E-state index in [9.17, 15) is 4.79 Å². The van der Waals surface area contributed by atoms with Crippen LogP contribution in [0, 0.1) is 0 Å². The number of likely N-dealkylation sites (tertiary alicyclic amines) is 1. The summed E-state index contributed by atoms with van der Waals surface area (Å²) in [6, 6.07) is 8.38. The van der Waals surface area contributed by atoms with Crippen LogP contribution in [0.2, 0.25) is 0 Å². The van der Waals surface area contributed by atoms with E-state index >= 15 is 0 Å². The molecule has 1 amide bonds. The monoisotopic (exact) mass is 331 g/mol. The molecular weight excluding hydrogens is 302 g/mol. The molecule has 2 aliphatic heterocycles. The van der Waals surface area contributed by atoms with Gasteiger partial charge in [0, 0.05) is 50.9 Å². The van der Waals surface area contributed by atoms with Crippen molar-refractivity contribution < 1.29 is 9.53 Å². The number of rotatable bonds is 5. The Hall–Kier alpha value is -1.43. The first-order valence-corrected chi connectivity index (χ1v) is 9.08. The molecule has 1 aromatic rings. The largest absolute Gasteiger partial charge is 0.374 e. The van der Waals surface area contributed by atoms with Gasteiger partial charge in [-0.1, -0.05) is 12.1 Å². The zero-order valence-electron chi connectivity index (χ0n) is 14.8. The molecule has 3 rings (SSSR count). The van der Waals surface area contributed by atoms with Crippen molar-refractivity contribution in [2.45, 2.75) is 39.0 Å². The highest BCUT2D eigenvalue weighted by atomic mass is 16.5. The Morgan fingerprint density at radius 3 is 2.58 bits per heavy atom. The Kier molecular flexibility index (Phi) is 5.87. The molecule has 132 valence electrons. The summed E-state index contributed by atoms with van der Waals surface area (Å²) in [5, 5.41) is 3.39. The topological polar surface area (TPSA) is 44.8 Å². The molecule has 2 fully saturated rings. The Morgan fingerprint density at radius 2 is 1.92 bits per heavy atom. The predicted molar refractivity (Wildman–Crippen MR) is 95.1 cm³/mol. The molecule has 0 bridgehead atoms. The van der Waals surface area contributed by atoms with E-state index in [0.717, 1.165) is 56.8 Å². The van der Waals surface area contributed by atoms with Crippen LogP contribution >= 0.6 is 0 Å². The molecule has 1 atom stereocenters. The number of piperazine rings is 1. The van der Waals surface area contributed by atoms with Crippen LogP contribution in [0.3, 0.4) is 0 Å². The van der Waals surface area contributed by atoms with Crippen LogP contribution in [0.5, 0.6) is 0 Å². The van der Waals surface area contributed by atoms with Crippen LogP contribution in [0.15, 0.2) is 24.3 Å². The van der Waals surface area contributed by atoms with E-state index in [1.54, 1.807) is 0 Å². The van der Waals surface area contributed by atoms with Crippen molar-refractivity contribution in [3.05, 3.63) is 35.4 Å². The molecule has 0 radical (unpaired) electrons. The number of nitrogens with one attached hydrogen (secondary N) is 1. The molecule has 1 unspecified atom stereocenters. The average molecular weight is 331 g/mol. The van der Waals surface area contributed by atoms with Crippen LogP contribution < -0.4 is 5.32 Å². The fraction of sp³-hybridized carbons (Fsp3) is 0.632. The minimum atomic E-state index is 0.156. The molecule has 24 heavy (non-hydrogen) atoms. The lowest BCUT2D eigenvalue weighted by Crippen LogP contribution is -2.49. The average Bonchev–Trinajstić information content (AvgIpc) is 3.10. The normalized spacial score (nSPS) is 22.3. The molecule has 0 spiro atoms. The second-order valence-electron chi connectivity index (χ2n) is 7.04. The van der Waals surface area contributed by atoms with Gasteiger partial charge in [-0.15, -0.1) is 0 Å². The maximum absolute atomic E-state index is 12.7. The van der Waals surface area contributed by atoms with Gasteiger partial charge >= 0.3 is 0 Å². The van der Waals surface area contributed by atoms with Gasteiger partial charge in [-0.25, -0.2) is 0 Å². The molecule has 5 nitrogen and oxygen atoms in total.